The molecule has 3 aromatic rings. The number of hydrogen-bond acceptors (Lipinski definition) is 8. The third-order valence-corrected chi connectivity index (χ3v) is 7.96. The van der Waals surface area contributed by atoms with Crippen molar-refractivity contribution in [2.75, 3.05) is 40.5 Å². The molecule has 0 saturated carbocycles. The van der Waals surface area contributed by atoms with Crippen LogP contribution in [0.4, 0.5) is 0 Å². The van der Waals surface area contributed by atoms with E-state index in [1.54, 1.807) is 26.4 Å². The molecule has 214 valence electrons. The van der Waals surface area contributed by atoms with E-state index in [0.717, 1.165) is 41.8 Å². The third kappa shape index (κ3) is 6.31. The fourth-order valence-electron chi connectivity index (χ4n) is 5.15. The highest BCUT2D eigenvalue weighted by Crippen LogP contribution is 2.45. The number of carbonyl (C=O) groups is 1. The van der Waals surface area contributed by atoms with Gasteiger partial charge < -0.3 is 29.8 Å². The van der Waals surface area contributed by atoms with Crippen LogP contribution < -0.4 is 24.7 Å². The average Bonchev–Trinajstić information content (AvgIpc) is 2.99. The zero-order chi connectivity index (χ0) is 28.6. The van der Waals surface area contributed by atoms with E-state index in [-0.39, 0.29) is 25.1 Å². The molecule has 2 aliphatic heterocycles. The van der Waals surface area contributed by atoms with E-state index in [1.807, 2.05) is 49.4 Å². The zero-order valence-electron chi connectivity index (χ0n) is 23.1. The molecule has 2 heterocycles. The van der Waals surface area contributed by atoms with Crippen molar-refractivity contribution in [2.24, 2.45) is 5.73 Å². The minimum Gasteiger partial charge on any atom is -0.496 e. The summed E-state index contributed by atoms with van der Waals surface area (Å²) >= 11 is -1.68. The fourth-order valence-corrected chi connectivity index (χ4v) is 5.96. The van der Waals surface area contributed by atoms with E-state index in [0.29, 0.717) is 40.7 Å². The van der Waals surface area contributed by atoms with Crippen LogP contribution in [0.2, 0.25) is 0 Å². The topological polar surface area (TPSA) is 123 Å². The number of amides is 1. The molecule has 0 spiro atoms. The van der Waals surface area contributed by atoms with E-state index < -0.39 is 11.1 Å². The SMILES string of the molecule is CCN.COc1cc2c(cc1C(=O)NCCO)C1Cc3ccc(OC)c(OS(=O)c4ccccc4)c3CN1CC2. The Bertz CT molecular complexity index is 1350. The molecule has 3 aromatic carbocycles. The highest BCUT2D eigenvalue weighted by Gasteiger charge is 2.36. The Labute approximate surface area is 237 Å². The maximum atomic E-state index is 13.0. The first-order valence-corrected chi connectivity index (χ1v) is 14.4. The van der Waals surface area contributed by atoms with Crippen molar-refractivity contribution in [1.82, 2.24) is 10.2 Å². The molecule has 0 aromatic heterocycles. The number of benzene rings is 3. The maximum Gasteiger partial charge on any atom is 0.255 e. The molecule has 5 rings (SSSR count). The van der Waals surface area contributed by atoms with Gasteiger partial charge in [0.05, 0.1) is 31.3 Å². The number of fused-ring (bicyclic) bond motifs is 4. The molecule has 0 aliphatic carbocycles. The number of nitrogens with one attached hydrogen (secondary N) is 1. The van der Waals surface area contributed by atoms with E-state index in [2.05, 4.69) is 10.2 Å². The molecule has 1 amide bonds. The monoisotopic (exact) mass is 567 g/mol. The van der Waals surface area contributed by atoms with Gasteiger partial charge in [0.1, 0.15) is 5.75 Å². The molecule has 10 heteroatoms. The molecule has 0 saturated heterocycles. The predicted octanol–water partition coefficient (Wildman–Crippen LogP) is 3.15. The number of methoxy groups -OCH3 is 2. The van der Waals surface area contributed by atoms with Gasteiger partial charge in [0.15, 0.2) is 11.5 Å². The number of aliphatic hydroxyl groups excluding tert-OH is 1. The van der Waals surface area contributed by atoms with Gasteiger partial charge in [-0.2, -0.15) is 0 Å². The van der Waals surface area contributed by atoms with Crippen LogP contribution in [-0.4, -0.2) is 60.6 Å². The summed E-state index contributed by atoms with van der Waals surface area (Å²) in [5, 5.41) is 11.8. The lowest BCUT2D eigenvalue weighted by Gasteiger charge is -2.42. The van der Waals surface area contributed by atoms with Gasteiger partial charge in [0.2, 0.25) is 11.1 Å². The van der Waals surface area contributed by atoms with Crippen molar-refractivity contribution in [3.8, 4) is 17.2 Å². The van der Waals surface area contributed by atoms with Gasteiger partial charge in [0.25, 0.3) is 5.91 Å². The van der Waals surface area contributed by atoms with E-state index in [4.69, 9.17) is 24.5 Å². The van der Waals surface area contributed by atoms with Crippen LogP contribution in [0.3, 0.4) is 0 Å². The summed E-state index contributed by atoms with van der Waals surface area (Å²) in [6.45, 7) is 4.14. The summed E-state index contributed by atoms with van der Waals surface area (Å²) in [5.41, 5.74) is 9.63. The van der Waals surface area contributed by atoms with Crippen molar-refractivity contribution >= 4 is 17.0 Å². The summed E-state index contributed by atoms with van der Waals surface area (Å²) in [4.78, 5) is 15.7. The van der Waals surface area contributed by atoms with Crippen molar-refractivity contribution in [2.45, 2.75) is 37.2 Å². The number of nitrogens with two attached hydrogens (primary N) is 1. The second kappa shape index (κ2) is 13.8. The van der Waals surface area contributed by atoms with Crippen molar-refractivity contribution in [1.29, 1.82) is 0 Å². The molecule has 2 aliphatic rings. The van der Waals surface area contributed by atoms with E-state index >= 15 is 0 Å². The van der Waals surface area contributed by atoms with Crippen molar-refractivity contribution < 1.29 is 27.8 Å². The molecule has 2 atom stereocenters. The van der Waals surface area contributed by atoms with Gasteiger partial charge in [-0.05, 0) is 66.4 Å². The Balaban J connectivity index is 0.00000118. The molecule has 0 fully saturated rings. The first-order chi connectivity index (χ1) is 19.4. The van der Waals surface area contributed by atoms with Crippen LogP contribution >= 0.6 is 0 Å². The lowest BCUT2D eigenvalue weighted by atomic mass is 9.82. The average molecular weight is 568 g/mol. The minimum atomic E-state index is -1.68. The summed E-state index contributed by atoms with van der Waals surface area (Å²) in [7, 11) is 3.14. The van der Waals surface area contributed by atoms with Crippen LogP contribution in [0, 0.1) is 0 Å². The standard InChI is InChI=1S/C28H30N2O6S.C2H7N/c1-34-25-9-8-18-14-24-21-16-22(28(32)29-11-13-31)26(35-2)15-19(21)10-12-30(24)17-23(18)27(25)36-37(33)20-6-4-3-5-7-20;1-2-3/h3-9,15-16,24,31H,10-14,17H2,1-2H3,(H,29,32);2-3H2,1H3. The minimum absolute atomic E-state index is 0.0763. The third-order valence-electron chi connectivity index (χ3n) is 6.98. The predicted molar refractivity (Wildman–Crippen MR) is 154 cm³/mol. The van der Waals surface area contributed by atoms with Gasteiger partial charge in [-0.15, -0.1) is 0 Å². The molecule has 2 unspecified atom stereocenters. The zero-order valence-corrected chi connectivity index (χ0v) is 24.0. The normalized spacial score (nSPS) is 16.3. The van der Waals surface area contributed by atoms with Crippen molar-refractivity contribution in [3.05, 3.63) is 82.4 Å². The number of nitrogens with zero attached hydrogens (tertiary/aromatic N) is 1. The lowest BCUT2D eigenvalue weighted by molar-refractivity contribution is 0.0941. The van der Waals surface area contributed by atoms with Gasteiger partial charge in [-0.1, -0.05) is 31.2 Å². The van der Waals surface area contributed by atoms with Gasteiger partial charge >= 0.3 is 0 Å². The summed E-state index contributed by atoms with van der Waals surface area (Å²) in [6.07, 6.45) is 1.52. The Hall–Kier alpha value is -3.44. The molecular formula is C30H37N3O6S. The van der Waals surface area contributed by atoms with E-state index in [9.17, 15) is 9.00 Å². The van der Waals surface area contributed by atoms with Crippen molar-refractivity contribution in [3.63, 3.8) is 0 Å². The smallest absolute Gasteiger partial charge is 0.255 e. The molecule has 0 bridgehead atoms. The number of hydrogen-bond donors (Lipinski definition) is 3. The quantitative estimate of drug-likeness (QED) is 0.379. The van der Waals surface area contributed by atoms with Gasteiger partial charge in [-0.25, -0.2) is 4.21 Å². The number of aliphatic hydroxyl groups is 1. The Morgan fingerprint density at radius 2 is 1.82 bits per heavy atom. The van der Waals surface area contributed by atoms with E-state index in [1.165, 1.54) is 0 Å². The molecule has 9 nitrogen and oxygen atoms in total. The Morgan fingerprint density at radius 3 is 2.50 bits per heavy atom. The Kier molecular flexibility index (Phi) is 10.2. The van der Waals surface area contributed by atoms with Crippen LogP contribution in [0.25, 0.3) is 0 Å². The number of carbonyl (C=O) groups excluding carboxylic acids is 1. The summed E-state index contributed by atoms with van der Waals surface area (Å²) in [5.74, 6) is 1.31. The van der Waals surface area contributed by atoms with Gasteiger partial charge in [0, 0.05) is 31.2 Å². The molecular weight excluding hydrogens is 530 g/mol. The second-order valence-corrected chi connectivity index (χ2v) is 10.6. The van der Waals surface area contributed by atoms with Gasteiger partial charge in [-0.3, -0.25) is 9.69 Å². The maximum absolute atomic E-state index is 13.0. The highest BCUT2D eigenvalue weighted by atomic mass is 32.2. The highest BCUT2D eigenvalue weighted by molar-refractivity contribution is 7.80. The second-order valence-electron chi connectivity index (χ2n) is 9.45. The summed E-state index contributed by atoms with van der Waals surface area (Å²) in [6, 6.07) is 16.9. The van der Waals surface area contributed by atoms with Crippen LogP contribution in [0.1, 0.15) is 45.6 Å². The Morgan fingerprint density at radius 1 is 1.10 bits per heavy atom. The number of ether oxygens (including phenoxy) is 2. The number of rotatable bonds is 8. The molecule has 40 heavy (non-hydrogen) atoms. The molecule has 0 radical (unpaired) electrons. The summed E-state index contributed by atoms with van der Waals surface area (Å²) < 4.78 is 30.1. The fraction of sp³-hybridized carbons (Fsp3) is 0.367. The van der Waals surface area contributed by atoms with Crippen LogP contribution in [0.15, 0.2) is 59.5 Å². The first kappa shape index (κ1) is 29.5. The van der Waals surface area contributed by atoms with Crippen LogP contribution in [-0.2, 0) is 30.5 Å². The first-order valence-electron chi connectivity index (χ1n) is 13.3. The largest absolute Gasteiger partial charge is 0.496 e. The lowest BCUT2D eigenvalue weighted by Crippen LogP contribution is -2.40. The van der Waals surface area contributed by atoms with Crippen LogP contribution in [0.5, 0.6) is 17.2 Å². The molecule has 4 N–H and O–H groups in total.